The fourth-order valence-electron chi connectivity index (χ4n) is 1.94. The molecule has 1 aromatic carbocycles. The third-order valence-corrected chi connectivity index (χ3v) is 2.68. The van der Waals surface area contributed by atoms with Crippen LogP contribution in [-0.2, 0) is 6.18 Å². The predicted molar refractivity (Wildman–Crippen MR) is 54.7 cm³/mol. The second-order valence-corrected chi connectivity index (χ2v) is 3.84. The zero-order valence-corrected chi connectivity index (χ0v) is 8.46. The molecule has 0 heterocycles. The van der Waals surface area contributed by atoms with Crippen LogP contribution >= 0.6 is 0 Å². The summed E-state index contributed by atoms with van der Waals surface area (Å²) in [5.41, 5.74) is 0.141. The van der Waals surface area contributed by atoms with E-state index in [-0.39, 0.29) is 5.56 Å². The van der Waals surface area contributed by atoms with E-state index >= 15 is 0 Å². The van der Waals surface area contributed by atoms with Crippen LogP contribution in [0, 0.1) is 0 Å². The first-order valence-corrected chi connectivity index (χ1v) is 5.04. The molecule has 16 heavy (non-hydrogen) atoms. The summed E-state index contributed by atoms with van der Waals surface area (Å²) in [5.74, 6) is 0. The van der Waals surface area contributed by atoms with E-state index in [1.807, 2.05) is 0 Å². The highest BCUT2D eigenvalue weighted by atomic mass is 19.4. The normalized spacial score (nSPS) is 21.0. The molecule has 1 aliphatic rings. The third-order valence-electron chi connectivity index (χ3n) is 2.68. The van der Waals surface area contributed by atoms with Gasteiger partial charge in [0.25, 0.3) is 0 Å². The highest BCUT2D eigenvalue weighted by Crippen LogP contribution is 2.38. The molecule has 1 aliphatic carbocycles. The molecule has 0 saturated heterocycles. The zero-order chi connectivity index (χ0) is 11.8. The molecule has 0 bridgehead atoms. The maximum atomic E-state index is 12.7. The van der Waals surface area contributed by atoms with Gasteiger partial charge in [-0.3, -0.25) is 0 Å². The number of hydrogen-bond donors (Lipinski definition) is 1. The Bertz CT molecular complexity index is 421. The first-order chi connectivity index (χ1) is 7.48. The topological polar surface area (TPSA) is 20.2 Å². The van der Waals surface area contributed by atoms with Gasteiger partial charge in [-0.15, -0.1) is 0 Å². The van der Waals surface area contributed by atoms with Gasteiger partial charge in [0, 0.05) is 0 Å². The number of aliphatic hydroxyl groups excluding tert-OH is 1. The fourth-order valence-corrected chi connectivity index (χ4v) is 1.94. The number of halogens is 3. The summed E-state index contributed by atoms with van der Waals surface area (Å²) in [4.78, 5) is 0. The Labute approximate surface area is 91.2 Å². The van der Waals surface area contributed by atoms with E-state index < -0.39 is 17.8 Å². The van der Waals surface area contributed by atoms with E-state index in [0.717, 1.165) is 6.07 Å². The van der Waals surface area contributed by atoms with E-state index in [1.165, 1.54) is 18.2 Å². The highest BCUT2D eigenvalue weighted by molar-refractivity contribution is 5.70. The number of rotatable bonds is 1. The first-order valence-electron chi connectivity index (χ1n) is 5.04. The minimum Gasteiger partial charge on any atom is -0.389 e. The van der Waals surface area contributed by atoms with E-state index in [1.54, 1.807) is 6.07 Å². The number of benzene rings is 1. The van der Waals surface area contributed by atoms with Gasteiger partial charge in [0.15, 0.2) is 0 Å². The fraction of sp³-hybridized carbons (Fsp3) is 0.333. The Hall–Kier alpha value is -1.29. The molecular formula is C12H11F3O. The van der Waals surface area contributed by atoms with Crippen molar-refractivity contribution in [3.63, 3.8) is 0 Å². The average molecular weight is 228 g/mol. The quantitative estimate of drug-likeness (QED) is 0.782. The molecule has 1 unspecified atom stereocenters. The molecule has 86 valence electrons. The van der Waals surface area contributed by atoms with Gasteiger partial charge < -0.3 is 5.11 Å². The molecule has 4 heteroatoms. The Balaban J connectivity index is 2.45. The van der Waals surface area contributed by atoms with Crippen LogP contribution in [-0.4, -0.2) is 11.2 Å². The van der Waals surface area contributed by atoms with Crippen LogP contribution in [0.4, 0.5) is 13.2 Å². The van der Waals surface area contributed by atoms with E-state index in [0.29, 0.717) is 18.4 Å². The third kappa shape index (κ3) is 2.11. The van der Waals surface area contributed by atoms with Crippen LogP contribution in [0.2, 0.25) is 0 Å². The number of aliphatic hydroxyl groups is 1. The summed E-state index contributed by atoms with van der Waals surface area (Å²) >= 11 is 0. The molecule has 1 nitrogen and oxygen atoms in total. The average Bonchev–Trinajstić information content (AvgIpc) is 2.64. The van der Waals surface area contributed by atoms with Crippen LogP contribution < -0.4 is 0 Å². The summed E-state index contributed by atoms with van der Waals surface area (Å²) in [5, 5.41) is 9.30. The van der Waals surface area contributed by atoms with Crippen LogP contribution in [0.3, 0.4) is 0 Å². The van der Waals surface area contributed by atoms with Gasteiger partial charge in [-0.25, -0.2) is 0 Å². The smallest absolute Gasteiger partial charge is 0.389 e. The molecule has 0 aliphatic heterocycles. The molecule has 0 amide bonds. The van der Waals surface area contributed by atoms with Gasteiger partial charge in [0.2, 0.25) is 0 Å². The lowest BCUT2D eigenvalue weighted by atomic mass is 9.99. The molecule has 0 spiro atoms. The standard InChI is InChI=1S/C12H11F3O/c13-12(14,15)11-4-2-1-3-10(11)8-5-6-9(16)7-8/h1-4,7,9,16H,5-6H2. The van der Waals surface area contributed by atoms with Crippen molar-refractivity contribution in [2.24, 2.45) is 0 Å². The Morgan fingerprint density at radius 3 is 2.44 bits per heavy atom. The summed E-state index contributed by atoms with van der Waals surface area (Å²) in [7, 11) is 0. The lowest BCUT2D eigenvalue weighted by Crippen LogP contribution is -2.08. The van der Waals surface area contributed by atoms with E-state index in [4.69, 9.17) is 0 Å². The number of alkyl halides is 3. The van der Waals surface area contributed by atoms with Gasteiger partial charge in [0.1, 0.15) is 0 Å². The van der Waals surface area contributed by atoms with Crippen molar-refractivity contribution in [3.05, 3.63) is 41.5 Å². The monoisotopic (exact) mass is 228 g/mol. The van der Waals surface area contributed by atoms with Gasteiger partial charge in [-0.05, 0) is 30.0 Å². The Kier molecular flexibility index (Phi) is 2.76. The molecule has 0 fully saturated rings. The maximum absolute atomic E-state index is 12.7. The number of hydrogen-bond acceptors (Lipinski definition) is 1. The van der Waals surface area contributed by atoms with E-state index in [2.05, 4.69) is 0 Å². The molecule has 1 atom stereocenters. The maximum Gasteiger partial charge on any atom is 0.416 e. The zero-order valence-electron chi connectivity index (χ0n) is 8.46. The highest BCUT2D eigenvalue weighted by Gasteiger charge is 2.34. The van der Waals surface area contributed by atoms with Crippen molar-refractivity contribution in [1.29, 1.82) is 0 Å². The summed E-state index contributed by atoms with van der Waals surface area (Å²) in [6.45, 7) is 0. The molecule has 2 rings (SSSR count). The molecule has 0 radical (unpaired) electrons. The van der Waals surface area contributed by atoms with Crippen LogP contribution in [0.25, 0.3) is 5.57 Å². The van der Waals surface area contributed by atoms with Crippen LogP contribution in [0.5, 0.6) is 0 Å². The molecular weight excluding hydrogens is 217 g/mol. The van der Waals surface area contributed by atoms with Crippen molar-refractivity contribution in [3.8, 4) is 0 Å². The largest absolute Gasteiger partial charge is 0.416 e. The molecule has 1 aromatic rings. The molecule has 0 saturated carbocycles. The van der Waals surface area contributed by atoms with Gasteiger partial charge in [0.05, 0.1) is 11.7 Å². The van der Waals surface area contributed by atoms with Crippen molar-refractivity contribution < 1.29 is 18.3 Å². The molecule has 1 N–H and O–H groups in total. The summed E-state index contributed by atoms with van der Waals surface area (Å²) < 4.78 is 38.1. The van der Waals surface area contributed by atoms with E-state index in [9.17, 15) is 18.3 Å². The van der Waals surface area contributed by atoms with Crippen molar-refractivity contribution in [2.45, 2.75) is 25.1 Å². The van der Waals surface area contributed by atoms with Gasteiger partial charge in [-0.2, -0.15) is 13.2 Å². The minimum atomic E-state index is -4.34. The summed E-state index contributed by atoms with van der Waals surface area (Å²) in [6.07, 6.45) is -2.46. The second-order valence-electron chi connectivity index (χ2n) is 3.84. The van der Waals surface area contributed by atoms with Crippen LogP contribution in [0.1, 0.15) is 24.0 Å². The van der Waals surface area contributed by atoms with Crippen molar-refractivity contribution >= 4 is 5.57 Å². The van der Waals surface area contributed by atoms with Crippen molar-refractivity contribution in [1.82, 2.24) is 0 Å². The SMILES string of the molecule is OC1C=C(c2ccccc2C(F)(F)F)CC1. The van der Waals surface area contributed by atoms with Crippen LogP contribution in [0.15, 0.2) is 30.3 Å². The lowest BCUT2D eigenvalue weighted by Gasteiger charge is -2.12. The predicted octanol–water partition coefficient (Wildman–Crippen LogP) is 3.24. The number of allylic oxidation sites excluding steroid dienone is 1. The van der Waals surface area contributed by atoms with Gasteiger partial charge >= 0.3 is 6.18 Å². The summed E-state index contributed by atoms with van der Waals surface area (Å²) in [6, 6.07) is 5.47. The second kappa shape index (κ2) is 3.94. The Morgan fingerprint density at radius 2 is 1.88 bits per heavy atom. The minimum absolute atomic E-state index is 0.187. The first kappa shape index (κ1) is 11.2. The Morgan fingerprint density at radius 1 is 1.19 bits per heavy atom. The molecule has 0 aromatic heterocycles. The van der Waals surface area contributed by atoms with Gasteiger partial charge in [-0.1, -0.05) is 24.3 Å². The van der Waals surface area contributed by atoms with Crippen molar-refractivity contribution in [2.75, 3.05) is 0 Å². The lowest BCUT2D eigenvalue weighted by molar-refractivity contribution is -0.137.